The fourth-order valence-corrected chi connectivity index (χ4v) is 2.19. The molecule has 2 aliphatic carbocycles. The van der Waals surface area contributed by atoms with Crippen LogP contribution in [-0.2, 0) is 14.2 Å². The van der Waals surface area contributed by atoms with Gasteiger partial charge in [0, 0.05) is 5.57 Å². The van der Waals surface area contributed by atoms with Crippen LogP contribution < -0.4 is 0 Å². The Labute approximate surface area is 103 Å². The predicted octanol–water partition coefficient (Wildman–Crippen LogP) is 2.96. The molecule has 0 N–H and O–H groups in total. The van der Waals surface area contributed by atoms with Crippen LogP contribution >= 0.6 is 0 Å². The van der Waals surface area contributed by atoms with Crippen molar-refractivity contribution < 1.29 is 23.8 Å². The maximum atomic E-state index is 11.3. The number of ether oxygens (including phenoxy) is 3. The molecule has 0 amide bonds. The zero-order valence-corrected chi connectivity index (χ0v) is 9.42. The molecule has 0 bridgehead atoms. The molecule has 1 heterocycles. The lowest BCUT2D eigenvalue weighted by Gasteiger charge is -2.19. The Morgan fingerprint density at radius 1 is 1.00 bits per heavy atom. The van der Waals surface area contributed by atoms with Crippen LogP contribution in [0.4, 0.5) is 9.59 Å². The summed E-state index contributed by atoms with van der Waals surface area (Å²) >= 11 is 0. The highest BCUT2D eigenvalue weighted by molar-refractivity contribution is 5.80. The van der Waals surface area contributed by atoms with Gasteiger partial charge in [0.15, 0.2) is 11.5 Å². The average Bonchev–Trinajstić information content (AvgIpc) is 2.58. The molecule has 0 aromatic carbocycles. The van der Waals surface area contributed by atoms with Crippen LogP contribution in [-0.4, -0.2) is 12.3 Å². The van der Waals surface area contributed by atoms with Crippen LogP contribution in [0, 0.1) is 5.92 Å². The molecule has 3 rings (SSSR count). The summed E-state index contributed by atoms with van der Waals surface area (Å²) in [7, 11) is 0. The first-order chi connectivity index (χ1) is 8.74. The molecule has 0 saturated heterocycles. The van der Waals surface area contributed by atoms with Gasteiger partial charge >= 0.3 is 12.3 Å². The van der Waals surface area contributed by atoms with Crippen LogP contribution in [0.25, 0.3) is 0 Å². The normalized spacial score (nSPS) is 26.0. The van der Waals surface area contributed by atoms with Gasteiger partial charge in [0.1, 0.15) is 0 Å². The first-order valence-electron chi connectivity index (χ1n) is 5.63. The molecule has 1 unspecified atom stereocenters. The highest BCUT2D eigenvalue weighted by Gasteiger charge is 2.32. The number of rotatable bonds is 0. The molecule has 1 atom stereocenters. The van der Waals surface area contributed by atoms with Crippen molar-refractivity contribution in [2.75, 3.05) is 0 Å². The van der Waals surface area contributed by atoms with Crippen molar-refractivity contribution >= 4 is 12.3 Å². The van der Waals surface area contributed by atoms with Crippen LogP contribution in [0.1, 0.15) is 12.8 Å². The van der Waals surface area contributed by atoms with Crippen molar-refractivity contribution in [3.05, 3.63) is 47.5 Å². The number of carbonyl (C=O) groups excluding carboxylic acids is 2. The second-order valence-electron chi connectivity index (χ2n) is 4.12. The summed E-state index contributed by atoms with van der Waals surface area (Å²) in [5.74, 6) is 0.715. The predicted molar refractivity (Wildman–Crippen MR) is 60.2 cm³/mol. The van der Waals surface area contributed by atoms with E-state index in [0.717, 1.165) is 18.4 Å². The number of cyclic esters (lactones) is 2. The van der Waals surface area contributed by atoms with Crippen LogP contribution in [0.5, 0.6) is 0 Å². The summed E-state index contributed by atoms with van der Waals surface area (Å²) in [5.41, 5.74) is 0.851. The smallest absolute Gasteiger partial charge is 0.391 e. The third kappa shape index (κ3) is 1.84. The molecule has 0 fully saturated rings. The zero-order valence-electron chi connectivity index (χ0n) is 9.42. The summed E-state index contributed by atoms with van der Waals surface area (Å²) in [5, 5.41) is 0. The standard InChI is InChI=1S/C13H10O5/c14-12-16-10-7-3-5-8-4-1-2-6-9(8)11(10)17-13(15)18-12/h1-3,6-8H,4-5H2. The summed E-state index contributed by atoms with van der Waals surface area (Å²) in [4.78, 5) is 22.5. The molecule has 5 heteroatoms. The fourth-order valence-electron chi connectivity index (χ4n) is 2.19. The molecule has 0 radical (unpaired) electrons. The van der Waals surface area contributed by atoms with Crippen LogP contribution in [0.3, 0.4) is 0 Å². The molecule has 0 aromatic rings. The van der Waals surface area contributed by atoms with Gasteiger partial charge in [0.2, 0.25) is 0 Å². The van der Waals surface area contributed by atoms with Gasteiger partial charge in [-0.1, -0.05) is 24.3 Å². The zero-order chi connectivity index (χ0) is 12.5. The Bertz CT molecular complexity index is 536. The first-order valence-corrected chi connectivity index (χ1v) is 5.63. The molecule has 92 valence electrons. The Balaban J connectivity index is 2.08. The number of hydrogen-bond acceptors (Lipinski definition) is 5. The lowest BCUT2D eigenvalue weighted by molar-refractivity contribution is 0.0793. The number of carbonyl (C=O) groups is 2. The second-order valence-corrected chi connectivity index (χ2v) is 4.12. The van der Waals surface area contributed by atoms with Gasteiger partial charge in [-0.15, -0.1) is 0 Å². The third-order valence-electron chi connectivity index (χ3n) is 2.99. The largest absolute Gasteiger partial charge is 0.524 e. The van der Waals surface area contributed by atoms with Gasteiger partial charge in [-0.2, -0.15) is 0 Å². The molecule has 0 aromatic heterocycles. The Kier molecular flexibility index (Phi) is 2.51. The van der Waals surface area contributed by atoms with Gasteiger partial charge < -0.3 is 14.2 Å². The van der Waals surface area contributed by atoms with E-state index < -0.39 is 12.3 Å². The van der Waals surface area contributed by atoms with E-state index in [0.29, 0.717) is 0 Å². The minimum absolute atomic E-state index is 0.218. The van der Waals surface area contributed by atoms with Crippen molar-refractivity contribution in [3.8, 4) is 0 Å². The molecule has 5 nitrogen and oxygen atoms in total. The number of hydrogen-bond donors (Lipinski definition) is 0. The van der Waals surface area contributed by atoms with E-state index in [2.05, 4.69) is 10.8 Å². The summed E-state index contributed by atoms with van der Waals surface area (Å²) in [6, 6.07) is 0. The van der Waals surface area contributed by atoms with E-state index in [1.807, 2.05) is 18.2 Å². The number of allylic oxidation sites excluding steroid dienone is 6. The minimum Gasteiger partial charge on any atom is -0.391 e. The van der Waals surface area contributed by atoms with Crippen molar-refractivity contribution in [2.24, 2.45) is 5.92 Å². The van der Waals surface area contributed by atoms with Crippen LogP contribution in [0.15, 0.2) is 47.5 Å². The van der Waals surface area contributed by atoms with Gasteiger partial charge in [-0.25, -0.2) is 9.59 Å². The quantitative estimate of drug-likeness (QED) is 0.485. The maximum Gasteiger partial charge on any atom is 0.524 e. The minimum atomic E-state index is -1.07. The molecular weight excluding hydrogens is 236 g/mol. The molecule has 3 aliphatic rings. The van der Waals surface area contributed by atoms with E-state index in [1.165, 1.54) is 0 Å². The first kappa shape index (κ1) is 10.8. The van der Waals surface area contributed by atoms with Gasteiger partial charge in [-0.3, -0.25) is 0 Å². The molecular formula is C13H10O5. The Morgan fingerprint density at radius 2 is 1.78 bits per heavy atom. The van der Waals surface area contributed by atoms with E-state index in [-0.39, 0.29) is 17.4 Å². The molecule has 18 heavy (non-hydrogen) atoms. The fraction of sp³-hybridized carbons (Fsp3) is 0.231. The average molecular weight is 246 g/mol. The Hall–Kier alpha value is -2.30. The van der Waals surface area contributed by atoms with Gasteiger partial charge in [0.25, 0.3) is 0 Å². The lowest BCUT2D eigenvalue weighted by atomic mass is 9.88. The van der Waals surface area contributed by atoms with E-state index in [9.17, 15) is 9.59 Å². The topological polar surface area (TPSA) is 61.8 Å². The summed E-state index contributed by atoms with van der Waals surface area (Å²) in [6.07, 6.45) is 8.87. The molecule has 1 aliphatic heterocycles. The Morgan fingerprint density at radius 3 is 2.67 bits per heavy atom. The highest BCUT2D eigenvalue weighted by atomic mass is 16.8. The van der Waals surface area contributed by atoms with Crippen molar-refractivity contribution in [1.29, 1.82) is 0 Å². The molecule has 0 spiro atoms. The van der Waals surface area contributed by atoms with Crippen LogP contribution in [0.2, 0.25) is 0 Å². The number of fused-ring (bicyclic) bond motifs is 2. The second kappa shape index (κ2) is 4.18. The maximum absolute atomic E-state index is 11.3. The summed E-state index contributed by atoms with van der Waals surface area (Å²) in [6.45, 7) is 0. The van der Waals surface area contributed by atoms with E-state index in [1.54, 1.807) is 6.08 Å². The molecule has 0 saturated carbocycles. The SMILES string of the molecule is O=C1OC(=O)OC2=C(C=CCC3CC=CC=C23)O1. The lowest BCUT2D eigenvalue weighted by Crippen LogP contribution is -2.12. The van der Waals surface area contributed by atoms with Crippen molar-refractivity contribution in [3.63, 3.8) is 0 Å². The van der Waals surface area contributed by atoms with Crippen molar-refractivity contribution in [1.82, 2.24) is 0 Å². The van der Waals surface area contributed by atoms with E-state index >= 15 is 0 Å². The van der Waals surface area contributed by atoms with Crippen molar-refractivity contribution in [2.45, 2.75) is 12.8 Å². The van der Waals surface area contributed by atoms with E-state index in [4.69, 9.17) is 9.47 Å². The third-order valence-corrected chi connectivity index (χ3v) is 2.99. The van der Waals surface area contributed by atoms with Gasteiger partial charge in [0.05, 0.1) is 0 Å². The van der Waals surface area contributed by atoms with Gasteiger partial charge in [-0.05, 0) is 24.8 Å². The monoisotopic (exact) mass is 246 g/mol. The highest BCUT2D eigenvalue weighted by Crippen LogP contribution is 2.36. The summed E-state index contributed by atoms with van der Waals surface area (Å²) < 4.78 is 14.3.